The van der Waals surface area contributed by atoms with Gasteiger partial charge in [0.25, 0.3) is 9.24 Å². The quantitative estimate of drug-likeness (QED) is 0.820. The van der Waals surface area contributed by atoms with Gasteiger partial charge in [0.05, 0.1) is 0 Å². The van der Waals surface area contributed by atoms with Crippen molar-refractivity contribution in [3.63, 3.8) is 0 Å². The van der Waals surface area contributed by atoms with Gasteiger partial charge in [0.1, 0.15) is 0 Å². The Balaban J connectivity index is 2.71. The predicted octanol–water partition coefficient (Wildman–Crippen LogP) is 1.91. The van der Waals surface area contributed by atoms with Crippen LogP contribution in [0, 0.1) is 0 Å². The van der Waals surface area contributed by atoms with Gasteiger partial charge in [-0.05, 0) is 11.6 Å². The SMILES string of the molecule is O=S(=O)(Cl)NCc1ccccc1Cl. The van der Waals surface area contributed by atoms with Crippen molar-refractivity contribution in [1.82, 2.24) is 4.72 Å². The van der Waals surface area contributed by atoms with E-state index < -0.39 is 9.24 Å². The molecule has 0 radical (unpaired) electrons. The van der Waals surface area contributed by atoms with Gasteiger partial charge in [0.2, 0.25) is 0 Å². The first-order valence-corrected chi connectivity index (χ1v) is 6.10. The molecular formula is C7H7Cl2NO2S. The molecule has 1 aromatic rings. The molecule has 0 fully saturated rings. The van der Waals surface area contributed by atoms with Crippen LogP contribution >= 0.6 is 22.3 Å². The largest absolute Gasteiger partial charge is 0.297 e. The molecule has 0 aliphatic rings. The van der Waals surface area contributed by atoms with E-state index in [0.717, 1.165) is 0 Å². The summed E-state index contributed by atoms with van der Waals surface area (Å²) in [6.45, 7) is 0.103. The highest BCUT2D eigenvalue weighted by Gasteiger charge is 2.05. The molecule has 1 rings (SSSR count). The highest BCUT2D eigenvalue weighted by Crippen LogP contribution is 2.14. The lowest BCUT2D eigenvalue weighted by Crippen LogP contribution is -2.17. The number of nitrogens with one attached hydrogen (secondary N) is 1. The Morgan fingerprint density at radius 1 is 1.31 bits per heavy atom. The summed E-state index contributed by atoms with van der Waals surface area (Å²) in [6, 6.07) is 6.93. The Morgan fingerprint density at radius 3 is 2.46 bits per heavy atom. The zero-order valence-electron chi connectivity index (χ0n) is 6.50. The average molecular weight is 240 g/mol. The molecule has 0 heterocycles. The van der Waals surface area contributed by atoms with Crippen molar-refractivity contribution in [2.75, 3.05) is 0 Å². The molecule has 0 aliphatic heterocycles. The normalized spacial score (nSPS) is 11.5. The summed E-state index contributed by atoms with van der Waals surface area (Å²) in [6.07, 6.45) is 0. The summed E-state index contributed by atoms with van der Waals surface area (Å²) >= 11 is 5.78. The third-order valence-corrected chi connectivity index (χ3v) is 2.58. The maximum absolute atomic E-state index is 10.5. The van der Waals surface area contributed by atoms with Crippen LogP contribution in [0.5, 0.6) is 0 Å². The second-order valence-electron chi connectivity index (χ2n) is 2.35. The topological polar surface area (TPSA) is 46.2 Å². The van der Waals surface area contributed by atoms with Gasteiger partial charge < -0.3 is 0 Å². The van der Waals surface area contributed by atoms with Crippen molar-refractivity contribution in [3.05, 3.63) is 34.9 Å². The fourth-order valence-electron chi connectivity index (χ4n) is 0.806. The van der Waals surface area contributed by atoms with Crippen molar-refractivity contribution in [1.29, 1.82) is 0 Å². The molecule has 0 unspecified atom stereocenters. The molecule has 1 N–H and O–H groups in total. The second kappa shape index (κ2) is 4.28. The molecule has 3 nitrogen and oxygen atoms in total. The lowest BCUT2D eigenvalue weighted by Gasteiger charge is -2.02. The summed E-state index contributed by atoms with van der Waals surface area (Å²) in [5, 5.41) is 0.510. The van der Waals surface area contributed by atoms with Crippen LogP contribution in [-0.2, 0) is 15.8 Å². The molecule has 0 aromatic heterocycles. The molecule has 0 spiro atoms. The third kappa shape index (κ3) is 3.95. The van der Waals surface area contributed by atoms with E-state index in [-0.39, 0.29) is 6.54 Å². The molecule has 1 aromatic carbocycles. The fraction of sp³-hybridized carbons (Fsp3) is 0.143. The van der Waals surface area contributed by atoms with Crippen molar-refractivity contribution in [2.24, 2.45) is 0 Å². The van der Waals surface area contributed by atoms with Crippen LogP contribution in [-0.4, -0.2) is 8.42 Å². The Bertz CT molecular complexity index is 391. The first kappa shape index (κ1) is 10.8. The zero-order valence-corrected chi connectivity index (χ0v) is 8.83. The molecule has 0 atom stereocenters. The van der Waals surface area contributed by atoms with Gasteiger partial charge >= 0.3 is 0 Å². The molecule has 13 heavy (non-hydrogen) atoms. The molecule has 0 bridgehead atoms. The molecule has 0 amide bonds. The van der Waals surface area contributed by atoms with Crippen LogP contribution in [0.3, 0.4) is 0 Å². The Morgan fingerprint density at radius 2 is 1.92 bits per heavy atom. The van der Waals surface area contributed by atoms with Crippen LogP contribution in [0.15, 0.2) is 24.3 Å². The van der Waals surface area contributed by atoms with Gasteiger partial charge in [-0.15, -0.1) is 0 Å². The molecule has 0 aliphatic carbocycles. The van der Waals surface area contributed by atoms with Gasteiger partial charge in [-0.1, -0.05) is 29.8 Å². The number of rotatable bonds is 3. The van der Waals surface area contributed by atoms with E-state index in [2.05, 4.69) is 4.72 Å². The summed E-state index contributed by atoms with van der Waals surface area (Å²) < 4.78 is 23.2. The van der Waals surface area contributed by atoms with Crippen LogP contribution in [0.1, 0.15) is 5.56 Å². The van der Waals surface area contributed by atoms with Crippen LogP contribution < -0.4 is 4.72 Å². The first-order chi connectivity index (χ1) is 5.99. The minimum atomic E-state index is -3.68. The molecule has 0 saturated heterocycles. The van der Waals surface area contributed by atoms with E-state index in [4.69, 9.17) is 22.3 Å². The average Bonchev–Trinajstić information content (AvgIpc) is 2.01. The van der Waals surface area contributed by atoms with E-state index >= 15 is 0 Å². The third-order valence-electron chi connectivity index (χ3n) is 1.39. The van der Waals surface area contributed by atoms with Gasteiger partial charge in [0.15, 0.2) is 0 Å². The summed E-state index contributed by atoms with van der Waals surface area (Å²) in [5.74, 6) is 0. The maximum Gasteiger partial charge on any atom is 0.297 e. The van der Waals surface area contributed by atoms with E-state index in [1.165, 1.54) is 0 Å². The first-order valence-electron chi connectivity index (χ1n) is 3.42. The zero-order chi connectivity index (χ0) is 9.90. The highest BCUT2D eigenvalue weighted by molar-refractivity contribution is 8.12. The van der Waals surface area contributed by atoms with Crippen LogP contribution in [0.4, 0.5) is 0 Å². The molecule has 6 heteroatoms. The summed E-state index contributed by atoms with van der Waals surface area (Å²) in [5.41, 5.74) is 0.688. The Kier molecular flexibility index (Phi) is 3.55. The molecular weight excluding hydrogens is 233 g/mol. The predicted molar refractivity (Wildman–Crippen MR) is 53.1 cm³/mol. The molecule has 72 valence electrons. The minimum absolute atomic E-state index is 0.103. The number of benzene rings is 1. The fourth-order valence-corrected chi connectivity index (χ4v) is 1.50. The Hall–Kier alpha value is -0.290. The van der Waals surface area contributed by atoms with Crippen LogP contribution in [0.2, 0.25) is 5.02 Å². The summed E-state index contributed by atoms with van der Waals surface area (Å²) in [7, 11) is 1.28. The lowest BCUT2D eigenvalue weighted by atomic mass is 10.2. The van der Waals surface area contributed by atoms with Gasteiger partial charge in [-0.25, -0.2) is 0 Å². The van der Waals surface area contributed by atoms with Gasteiger partial charge in [0, 0.05) is 22.2 Å². The molecule has 0 saturated carbocycles. The van der Waals surface area contributed by atoms with Crippen LogP contribution in [0.25, 0.3) is 0 Å². The number of hydrogen-bond donors (Lipinski definition) is 1. The number of halogens is 2. The van der Waals surface area contributed by atoms with Crippen molar-refractivity contribution >= 4 is 31.5 Å². The highest BCUT2D eigenvalue weighted by atomic mass is 35.7. The second-order valence-corrected chi connectivity index (χ2v) is 5.14. The van der Waals surface area contributed by atoms with E-state index in [1.807, 2.05) is 0 Å². The standard InChI is InChI=1S/C7H7Cl2NO2S/c8-7-4-2-1-3-6(7)5-10-13(9,11)12/h1-4,10H,5H2. The maximum atomic E-state index is 10.5. The monoisotopic (exact) mass is 239 g/mol. The van der Waals surface area contributed by atoms with E-state index in [9.17, 15) is 8.42 Å². The van der Waals surface area contributed by atoms with Crippen molar-refractivity contribution in [2.45, 2.75) is 6.54 Å². The van der Waals surface area contributed by atoms with E-state index in [0.29, 0.717) is 10.6 Å². The van der Waals surface area contributed by atoms with Crippen molar-refractivity contribution in [3.8, 4) is 0 Å². The van der Waals surface area contributed by atoms with Gasteiger partial charge in [-0.3, -0.25) is 0 Å². The Labute approximate surface area is 86.2 Å². The minimum Gasteiger partial charge on any atom is -0.198 e. The number of hydrogen-bond acceptors (Lipinski definition) is 2. The lowest BCUT2D eigenvalue weighted by molar-refractivity contribution is 0.596. The van der Waals surface area contributed by atoms with Crippen molar-refractivity contribution < 1.29 is 8.42 Å². The smallest absolute Gasteiger partial charge is 0.198 e. The van der Waals surface area contributed by atoms with Gasteiger partial charge in [-0.2, -0.15) is 13.1 Å². The summed E-state index contributed by atoms with van der Waals surface area (Å²) in [4.78, 5) is 0. The van der Waals surface area contributed by atoms with E-state index in [1.54, 1.807) is 24.3 Å².